The predicted molar refractivity (Wildman–Crippen MR) is 72.8 cm³/mol. The van der Waals surface area contributed by atoms with Crippen molar-refractivity contribution in [2.24, 2.45) is 0 Å². The first kappa shape index (κ1) is 11.9. The molecule has 0 fully saturated rings. The second-order valence-corrected chi connectivity index (χ2v) is 3.72. The van der Waals surface area contributed by atoms with Gasteiger partial charge in [0.25, 0.3) is 0 Å². The van der Waals surface area contributed by atoms with Crippen LogP contribution in [0.5, 0.6) is 0 Å². The van der Waals surface area contributed by atoms with Crippen molar-refractivity contribution in [1.29, 1.82) is 5.26 Å². The van der Waals surface area contributed by atoms with Crippen LogP contribution in [-0.4, -0.2) is 11.5 Å². The van der Waals surface area contributed by atoms with Crippen molar-refractivity contribution < 1.29 is 0 Å². The van der Waals surface area contributed by atoms with Crippen molar-refractivity contribution in [2.75, 3.05) is 17.2 Å². The summed E-state index contributed by atoms with van der Waals surface area (Å²) in [4.78, 5) is 4.40. The van der Waals surface area contributed by atoms with Crippen LogP contribution in [0.4, 0.5) is 17.3 Å². The maximum atomic E-state index is 9.01. The lowest BCUT2D eigenvalue weighted by atomic mass is 10.2. The summed E-state index contributed by atoms with van der Waals surface area (Å²) in [5, 5.41) is 15.3. The standard InChI is InChI=1S/C14H14N4/c1-2-16-13-8-5-9-14(18-13)17-12-7-4-3-6-11(12)10-15/h3-9H,2H2,1H3,(H2,16,17,18). The average molecular weight is 238 g/mol. The summed E-state index contributed by atoms with van der Waals surface area (Å²) >= 11 is 0. The fourth-order valence-electron chi connectivity index (χ4n) is 1.61. The maximum absolute atomic E-state index is 9.01. The van der Waals surface area contributed by atoms with Crippen LogP contribution in [0.25, 0.3) is 0 Å². The van der Waals surface area contributed by atoms with E-state index >= 15 is 0 Å². The van der Waals surface area contributed by atoms with Gasteiger partial charge in [-0.15, -0.1) is 0 Å². The molecule has 0 aliphatic carbocycles. The molecule has 2 aromatic rings. The summed E-state index contributed by atoms with van der Waals surface area (Å²) in [5.41, 5.74) is 1.37. The zero-order valence-electron chi connectivity index (χ0n) is 10.1. The Balaban J connectivity index is 2.23. The number of nitriles is 1. The Kier molecular flexibility index (Phi) is 3.77. The van der Waals surface area contributed by atoms with E-state index in [1.54, 1.807) is 6.07 Å². The Bertz CT molecular complexity index is 572. The predicted octanol–water partition coefficient (Wildman–Crippen LogP) is 3.13. The minimum Gasteiger partial charge on any atom is -0.370 e. The first-order valence-corrected chi connectivity index (χ1v) is 5.80. The normalized spacial score (nSPS) is 9.56. The van der Waals surface area contributed by atoms with E-state index in [2.05, 4.69) is 21.7 Å². The van der Waals surface area contributed by atoms with Crippen molar-refractivity contribution in [1.82, 2.24) is 4.98 Å². The Morgan fingerprint density at radius 1 is 1.11 bits per heavy atom. The van der Waals surface area contributed by atoms with E-state index in [9.17, 15) is 0 Å². The van der Waals surface area contributed by atoms with Gasteiger partial charge in [-0.3, -0.25) is 0 Å². The second kappa shape index (κ2) is 5.69. The topological polar surface area (TPSA) is 60.7 Å². The number of aromatic nitrogens is 1. The van der Waals surface area contributed by atoms with Crippen LogP contribution in [0.15, 0.2) is 42.5 Å². The fraction of sp³-hybridized carbons (Fsp3) is 0.143. The average Bonchev–Trinajstić information content (AvgIpc) is 2.40. The summed E-state index contributed by atoms with van der Waals surface area (Å²) in [6.07, 6.45) is 0. The van der Waals surface area contributed by atoms with Gasteiger partial charge in [0.1, 0.15) is 17.7 Å². The van der Waals surface area contributed by atoms with Crippen LogP contribution < -0.4 is 10.6 Å². The van der Waals surface area contributed by atoms with E-state index in [4.69, 9.17) is 5.26 Å². The van der Waals surface area contributed by atoms with Gasteiger partial charge in [-0.25, -0.2) is 4.98 Å². The number of nitrogens with zero attached hydrogens (tertiary/aromatic N) is 2. The first-order valence-electron chi connectivity index (χ1n) is 5.80. The van der Waals surface area contributed by atoms with Crippen molar-refractivity contribution in [3.05, 3.63) is 48.0 Å². The van der Waals surface area contributed by atoms with Crippen molar-refractivity contribution in [2.45, 2.75) is 6.92 Å². The molecule has 1 aromatic carbocycles. The van der Waals surface area contributed by atoms with Crippen molar-refractivity contribution >= 4 is 17.3 Å². The van der Waals surface area contributed by atoms with Crippen LogP contribution in [0.3, 0.4) is 0 Å². The van der Waals surface area contributed by atoms with Crippen LogP contribution >= 0.6 is 0 Å². The monoisotopic (exact) mass is 238 g/mol. The summed E-state index contributed by atoms with van der Waals surface area (Å²) in [5.74, 6) is 1.54. The number of anilines is 3. The molecule has 0 saturated carbocycles. The van der Waals surface area contributed by atoms with E-state index in [1.165, 1.54) is 0 Å². The first-order chi connectivity index (χ1) is 8.83. The zero-order chi connectivity index (χ0) is 12.8. The maximum Gasteiger partial charge on any atom is 0.132 e. The highest BCUT2D eigenvalue weighted by atomic mass is 15.1. The molecule has 0 saturated heterocycles. The lowest BCUT2D eigenvalue weighted by Crippen LogP contribution is -2.01. The highest BCUT2D eigenvalue weighted by Gasteiger charge is 2.02. The van der Waals surface area contributed by atoms with Crippen LogP contribution in [0, 0.1) is 11.3 Å². The second-order valence-electron chi connectivity index (χ2n) is 3.72. The van der Waals surface area contributed by atoms with Gasteiger partial charge in [-0.05, 0) is 31.2 Å². The Hall–Kier alpha value is -2.54. The Morgan fingerprint density at radius 3 is 2.67 bits per heavy atom. The molecule has 0 amide bonds. The number of benzene rings is 1. The number of pyridine rings is 1. The quantitative estimate of drug-likeness (QED) is 0.859. The van der Waals surface area contributed by atoms with Gasteiger partial charge in [0.05, 0.1) is 11.3 Å². The van der Waals surface area contributed by atoms with Gasteiger partial charge in [0.15, 0.2) is 0 Å². The van der Waals surface area contributed by atoms with Crippen LogP contribution in [0.2, 0.25) is 0 Å². The van der Waals surface area contributed by atoms with E-state index < -0.39 is 0 Å². The third-order valence-corrected chi connectivity index (χ3v) is 2.42. The smallest absolute Gasteiger partial charge is 0.132 e. The lowest BCUT2D eigenvalue weighted by molar-refractivity contribution is 1.16. The summed E-state index contributed by atoms with van der Waals surface area (Å²) < 4.78 is 0. The Morgan fingerprint density at radius 2 is 1.89 bits per heavy atom. The van der Waals surface area contributed by atoms with Gasteiger partial charge in [0, 0.05) is 6.54 Å². The molecule has 18 heavy (non-hydrogen) atoms. The molecule has 4 nitrogen and oxygen atoms in total. The number of hydrogen-bond acceptors (Lipinski definition) is 4. The molecule has 2 N–H and O–H groups in total. The van der Waals surface area contributed by atoms with Gasteiger partial charge < -0.3 is 10.6 Å². The number of para-hydroxylation sites is 1. The highest BCUT2D eigenvalue weighted by Crippen LogP contribution is 2.19. The molecule has 0 aliphatic heterocycles. The van der Waals surface area contributed by atoms with E-state index in [0.29, 0.717) is 5.56 Å². The van der Waals surface area contributed by atoms with Crippen LogP contribution in [0.1, 0.15) is 12.5 Å². The largest absolute Gasteiger partial charge is 0.370 e. The molecule has 0 atom stereocenters. The molecule has 4 heteroatoms. The summed E-state index contributed by atoms with van der Waals surface area (Å²) in [6, 6.07) is 15.2. The molecule has 0 spiro atoms. The van der Waals surface area contributed by atoms with Gasteiger partial charge in [0.2, 0.25) is 0 Å². The van der Waals surface area contributed by atoms with Gasteiger partial charge in [-0.1, -0.05) is 18.2 Å². The third kappa shape index (κ3) is 2.77. The number of rotatable bonds is 4. The van der Waals surface area contributed by atoms with Gasteiger partial charge in [-0.2, -0.15) is 5.26 Å². The van der Waals surface area contributed by atoms with Crippen LogP contribution in [-0.2, 0) is 0 Å². The molecule has 0 unspecified atom stereocenters. The molecule has 2 rings (SSSR count). The van der Waals surface area contributed by atoms with E-state index in [0.717, 1.165) is 23.9 Å². The molecule has 1 aromatic heterocycles. The van der Waals surface area contributed by atoms with Crippen molar-refractivity contribution in [3.8, 4) is 6.07 Å². The van der Waals surface area contributed by atoms with Crippen molar-refractivity contribution in [3.63, 3.8) is 0 Å². The SMILES string of the molecule is CCNc1cccc(Nc2ccccc2C#N)n1. The molecular formula is C14H14N4. The molecule has 90 valence electrons. The summed E-state index contributed by atoms with van der Waals surface area (Å²) in [6.45, 7) is 2.85. The minimum absolute atomic E-state index is 0.605. The fourth-order valence-corrected chi connectivity index (χ4v) is 1.61. The molecule has 1 heterocycles. The molecular weight excluding hydrogens is 224 g/mol. The number of nitrogens with one attached hydrogen (secondary N) is 2. The van der Waals surface area contributed by atoms with E-state index in [1.807, 2.05) is 43.3 Å². The van der Waals surface area contributed by atoms with Gasteiger partial charge >= 0.3 is 0 Å². The summed E-state index contributed by atoms with van der Waals surface area (Å²) in [7, 11) is 0. The Labute approximate surface area is 106 Å². The minimum atomic E-state index is 0.605. The third-order valence-electron chi connectivity index (χ3n) is 2.42. The molecule has 0 bridgehead atoms. The highest BCUT2D eigenvalue weighted by molar-refractivity contribution is 5.65. The molecule has 0 aliphatic rings. The van der Waals surface area contributed by atoms with E-state index in [-0.39, 0.29) is 0 Å². The lowest BCUT2D eigenvalue weighted by Gasteiger charge is -2.09. The molecule has 0 radical (unpaired) electrons. The zero-order valence-corrected chi connectivity index (χ0v) is 10.1. The number of hydrogen-bond donors (Lipinski definition) is 2.